The molecule has 0 aromatic heterocycles. The number of anilines is 1. The van der Waals surface area contributed by atoms with Gasteiger partial charge in [-0.05, 0) is 46.9 Å². The van der Waals surface area contributed by atoms with Crippen LogP contribution in [-0.4, -0.2) is 36.1 Å². The van der Waals surface area contributed by atoms with Crippen LogP contribution in [0.5, 0.6) is 0 Å². The summed E-state index contributed by atoms with van der Waals surface area (Å²) in [5, 5.41) is 0. The molecule has 2 fully saturated rings. The third-order valence-electron chi connectivity index (χ3n) is 4.72. The van der Waals surface area contributed by atoms with E-state index in [0.717, 1.165) is 3.57 Å². The smallest absolute Gasteiger partial charge is 0.302 e. The molecule has 0 unspecified atom stereocenters. The zero-order valence-electron chi connectivity index (χ0n) is 12.8. The average molecular weight is 439 g/mol. The summed E-state index contributed by atoms with van der Waals surface area (Å²) >= 11 is 2.14. The van der Waals surface area contributed by atoms with Crippen molar-refractivity contribution < 1.29 is 23.9 Å². The van der Waals surface area contributed by atoms with Crippen LogP contribution < -0.4 is 4.90 Å². The predicted octanol–water partition coefficient (Wildman–Crippen LogP) is 1.67. The number of nitrogens with zero attached hydrogens (tertiary/aromatic N) is 1. The normalized spacial score (nSPS) is 33.2. The fourth-order valence-corrected chi connectivity index (χ4v) is 4.28. The van der Waals surface area contributed by atoms with E-state index in [2.05, 4.69) is 22.6 Å². The fraction of sp³-hybridized carbons (Fsp3) is 0.353. The molecule has 4 atom stereocenters. The first-order valence-corrected chi connectivity index (χ1v) is 8.65. The van der Waals surface area contributed by atoms with E-state index in [1.54, 1.807) is 24.3 Å². The third kappa shape index (κ3) is 2.14. The Balaban J connectivity index is 1.70. The molecule has 1 aromatic carbocycles. The number of amides is 2. The van der Waals surface area contributed by atoms with Crippen LogP contribution in [0.2, 0.25) is 0 Å². The van der Waals surface area contributed by atoms with Crippen LogP contribution in [0.4, 0.5) is 5.69 Å². The molecule has 1 aromatic rings. The van der Waals surface area contributed by atoms with Gasteiger partial charge in [-0.1, -0.05) is 12.1 Å². The van der Waals surface area contributed by atoms with Gasteiger partial charge in [0.25, 0.3) is 0 Å². The SMILES string of the molecule is CC(=O)OC[C@@]12C=C[C@@H](O1)[C@@H]1C(=O)N(c3cccc(I)c3)C(=O)[C@H]12. The standard InChI is InChI=1S/C17H14INO5/c1-9(20)23-8-17-6-5-12(24-17)13-14(17)16(22)19(15(13)21)11-4-2-3-10(18)7-11/h2-7,12-14H,8H2,1H3/t12-,13+,14+,17-/m1/s1. The fourth-order valence-electron chi connectivity index (χ4n) is 3.75. The van der Waals surface area contributed by atoms with Crippen molar-refractivity contribution in [2.45, 2.75) is 18.6 Å². The van der Waals surface area contributed by atoms with Crippen LogP contribution in [0.25, 0.3) is 0 Å². The third-order valence-corrected chi connectivity index (χ3v) is 5.39. The number of rotatable bonds is 3. The van der Waals surface area contributed by atoms with Gasteiger partial charge >= 0.3 is 5.97 Å². The number of benzene rings is 1. The minimum Gasteiger partial charge on any atom is -0.462 e. The largest absolute Gasteiger partial charge is 0.462 e. The van der Waals surface area contributed by atoms with Crippen LogP contribution in [-0.2, 0) is 23.9 Å². The zero-order chi connectivity index (χ0) is 17.1. The number of esters is 1. The van der Waals surface area contributed by atoms with Gasteiger partial charge in [0.2, 0.25) is 11.8 Å². The first-order chi connectivity index (χ1) is 11.4. The number of hydrogen-bond acceptors (Lipinski definition) is 5. The Morgan fingerprint density at radius 3 is 2.88 bits per heavy atom. The molecule has 24 heavy (non-hydrogen) atoms. The molecule has 0 spiro atoms. The Morgan fingerprint density at radius 2 is 2.17 bits per heavy atom. The number of fused-ring (bicyclic) bond motifs is 5. The van der Waals surface area contributed by atoms with Crippen molar-refractivity contribution in [2.75, 3.05) is 11.5 Å². The van der Waals surface area contributed by atoms with E-state index in [9.17, 15) is 14.4 Å². The molecule has 3 heterocycles. The van der Waals surface area contributed by atoms with Crippen molar-refractivity contribution in [1.82, 2.24) is 0 Å². The first kappa shape index (κ1) is 15.8. The second kappa shape index (κ2) is 5.38. The van der Waals surface area contributed by atoms with Gasteiger partial charge in [-0.25, -0.2) is 4.90 Å². The van der Waals surface area contributed by atoms with Gasteiger partial charge in [0, 0.05) is 10.5 Å². The summed E-state index contributed by atoms with van der Waals surface area (Å²) in [6.45, 7) is 1.24. The molecule has 3 aliphatic heterocycles. The molecule has 124 valence electrons. The van der Waals surface area contributed by atoms with Gasteiger partial charge in [0.1, 0.15) is 12.2 Å². The van der Waals surface area contributed by atoms with E-state index in [0.29, 0.717) is 5.69 Å². The minimum absolute atomic E-state index is 0.0598. The maximum absolute atomic E-state index is 13.0. The zero-order valence-corrected chi connectivity index (χ0v) is 14.9. The molecule has 2 saturated heterocycles. The van der Waals surface area contributed by atoms with Crippen LogP contribution >= 0.6 is 22.6 Å². The molecular weight excluding hydrogens is 425 g/mol. The summed E-state index contributed by atoms with van der Waals surface area (Å²) in [5.41, 5.74) is -0.474. The van der Waals surface area contributed by atoms with Crippen LogP contribution in [0.1, 0.15) is 6.92 Å². The lowest BCUT2D eigenvalue weighted by Gasteiger charge is -2.28. The molecule has 2 amide bonds. The Kier molecular flexibility index (Phi) is 3.54. The van der Waals surface area contributed by atoms with Crippen LogP contribution in [0.15, 0.2) is 36.4 Å². The molecule has 7 heteroatoms. The number of imide groups is 1. The Bertz CT molecular complexity index is 791. The summed E-state index contributed by atoms with van der Waals surface area (Å²) in [7, 11) is 0. The monoisotopic (exact) mass is 439 g/mol. The molecule has 0 aliphatic carbocycles. The second-order valence-electron chi connectivity index (χ2n) is 6.17. The van der Waals surface area contributed by atoms with E-state index < -0.39 is 29.5 Å². The molecule has 0 radical (unpaired) electrons. The van der Waals surface area contributed by atoms with E-state index in [1.165, 1.54) is 11.8 Å². The summed E-state index contributed by atoms with van der Waals surface area (Å²) in [4.78, 5) is 38.3. The summed E-state index contributed by atoms with van der Waals surface area (Å²) < 4.78 is 11.9. The van der Waals surface area contributed by atoms with Crippen molar-refractivity contribution >= 4 is 46.1 Å². The number of halogens is 1. The highest BCUT2D eigenvalue weighted by molar-refractivity contribution is 14.1. The van der Waals surface area contributed by atoms with E-state index in [4.69, 9.17) is 9.47 Å². The molecule has 4 rings (SSSR count). The minimum atomic E-state index is -1.04. The summed E-state index contributed by atoms with van der Waals surface area (Å²) in [6.07, 6.45) is 3.09. The summed E-state index contributed by atoms with van der Waals surface area (Å²) in [5.74, 6) is -2.22. The summed E-state index contributed by atoms with van der Waals surface area (Å²) in [6, 6.07) is 7.25. The number of ether oxygens (including phenoxy) is 2. The van der Waals surface area contributed by atoms with Crippen molar-refractivity contribution in [3.05, 3.63) is 40.0 Å². The molecule has 6 nitrogen and oxygen atoms in total. The molecule has 0 saturated carbocycles. The topological polar surface area (TPSA) is 72.9 Å². The number of carbonyl (C=O) groups is 3. The molecular formula is C17H14INO5. The van der Waals surface area contributed by atoms with Crippen LogP contribution in [0, 0.1) is 15.4 Å². The van der Waals surface area contributed by atoms with E-state index in [1.807, 2.05) is 12.1 Å². The van der Waals surface area contributed by atoms with Gasteiger partial charge in [-0.3, -0.25) is 14.4 Å². The lowest BCUT2D eigenvalue weighted by molar-refractivity contribution is -0.150. The lowest BCUT2D eigenvalue weighted by Crippen LogP contribution is -2.44. The Morgan fingerprint density at radius 1 is 1.38 bits per heavy atom. The Hall–Kier alpha value is -1.74. The molecule has 3 aliphatic rings. The lowest BCUT2D eigenvalue weighted by atomic mass is 9.77. The maximum Gasteiger partial charge on any atom is 0.302 e. The Labute approximate surface area is 151 Å². The second-order valence-corrected chi connectivity index (χ2v) is 7.42. The van der Waals surface area contributed by atoms with Gasteiger partial charge in [0.15, 0.2) is 0 Å². The van der Waals surface area contributed by atoms with Gasteiger partial charge < -0.3 is 9.47 Å². The van der Waals surface area contributed by atoms with Gasteiger partial charge in [-0.2, -0.15) is 0 Å². The van der Waals surface area contributed by atoms with Gasteiger partial charge in [0.05, 0.1) is 23.6 Å². The van der Waals surface area contributed by atoms with Gasteiger partial charge in [-0.15, -0.1) is 0 Å². The highest BCUT2D eigenvalue weighted by Crippen LogP contribution is 2.52. The van der Waals surface area contributed by atoms with E-state index in [-0.39, 0.29) is 18.4 Å². The average Bonchev–Trinajstić information content (AvgIpc) is 3.16. The van der Waals surface area contributed by atoms with E-state index >= 15 is 0 Å². The predicted molar refractivity (Wildman–Crippen MR) is 92.0 cm³/mol. The van der Waals surface area contributed by atoms with Crippen molar-refractivity contribution in [3.63, 3.8) is 0 Å². The highest BCUT2D eigenvalue weighted by atomic mass is 127. The molecule has 2 bridgehead atoms. The first-order valence-electron chi connectivity index (χ1n) is 7.57. The number of carbonyl (C=O) groups excluding carboxylic acids is 3. The van der Waals surface area contributed by atoms with Crippen LogP contribution in [0.3, 0.4) is 0 Å². The highest BCUT2D eigenvalue weighted by Gasteiger charge is 2.68. The van der Waals surface area contributed by atoms with Crippen molar-refractivity contribution in [2.24, 2.45) is 11.8 Å². The quantitative estimate of drug-likeness (QED) is 0.310. The maximum atomic E-state index is 13.0. The van der Waals surface area contributed by atoms with Crippen molar-refractivity contribution in [1.29, 1.82) is 0 Å². The molecule has 0 N–H and O–H groups in total. The number of hydrogen-bond donors (Lipinski definition) is 0. The van der Waals surface area contributed by atoms with Crippen molar-refractivity contribution in [3.8, 4) is 0 Å².